The Morgan fingerprint density at radius 1 is 1.45 bits per heavy atom. The number of aliphatic hydroxyl groups excluding tert-OH is 1. The molecule has 0 saturated heterocycles. The van der Waals surface area contributed by atoms with Crippen molar-refractivity contribution in [2.24, 2.45) is 5.92 Å². The van der Waals surface area contributed by atoms with Crippen molar-refractivity contribution in [3.63, 3.8) is 0 Å². The van der Waals surface area contributed by atoms with E-state index in [1.165, 1.54) is 11.1 Å². The van der Waals surface area contributed by atoms with Gasteiger partial charge in [0.15, 0.2) is 11.5 Å². The predicted octanol–water partition coefficient (Wildman–Crippen LogP) is 2.10. The van der Waals surface area contributed by atoms with Crippen LogP contribution >= 0.6 is 0 Å². The van der Waals surface area contributed by atoms with Gasteiger partial charge in [0.25, 0.3) is 0 Å². The molecule has 1 N–H and O–H groups in total. The molecule has 1 aliphatic carbocycles. The van der Waals surface area contributed by atoms with Crippen LogP contribution < -0.4 is 9.47 Å². The van der Waals surface area contributed by atoms with E-state index in [2.05, 4.69) is 30.2 Å². The minimum absolute atomic E-state index is 0.0130. The van der Waals surface area contributed by atoms with E-state index in [1.54, 1.807) is 7.11 Å². The van der Waals surface area contributed by atoms with Crippen LogP contribution in [0.15, 0.2) is 24.3 Å². The van der Waals surface area contributed by atoms with Crippen molar-refractivity contribution >= 4 is 0 Å². The molecule has 0 amide bonds. The first-order valence-electron chi connectivity index (χ1n) is 8.02. The molecule has 3 unspecified atom stereocenters. The molecule has 2 aliphatic heterocycles. The molecular weight excluding hydrogens is 278 g/mol. The molecule has 118 valence electrons. The first-order chi connectivity index (χ1) is 10.7. The second kappa shape index (κ2) is 5.00. The van der Waals surface area contributed by atoms with Gasteiger partial charge in [0.05, 0.1) is 13.7 Å². The van der Waals surface area contributed by atoms with Crippen LogP contribution in [-0.2, 0) is 12.0 Å². The minimum Gasteiger partial charge on any atom is -0.493 e. The largest absolute Gasteiger partial charge is 0.493 e. The molecule has 3 aliphatic rings. The Hall–Kier alpha value is -1.52. The molecule has 0 radical (unpaired) electrons. The minimum atomic E-state index is -0.0217. The maximum atomic E-state index is 9.79. The molecule has 0 fully saturated rings. The molecule has 1 aromatic carbocycles. The topological polar surface area (TPSA) is 41.9 Å². The van der Waals surface area contributed by atoms with Gasteiger partial charge in [0.2, 0.25) is 0 Å². The number of hydrogen-bond donors (Lipinski definition) is 1. The maximum Gasteiger partial charge on any atom is 0.165 e. The van der Waals surface area contributed by atoms with Crippen LogP contribution in [0, 0.1) is 5.92 Å². The van der Waals surface area contributed by atoms with Crippen molar-refractivity contribution in [3.8, 4) is 11.5 Å². The number of allylic oxidation sites excluding steroid dienone is 1. The van der Waals surface area contributed by atoms with Crippen LogP contribution in [-0.4, -0.2) is 43.4 Å². The summed E-state index contributed by atoms with van der Waals surface area (Å²) in [5.41, 5.74) is 2.64. The van der Waals surface area contributed by atoms with Gasteiger partial charge in [-0.25, -0.2) is 0 Å². The molecule has 22 heavy (non-hydrogen) atoms. The summed E-state index contributed by atoms with van der Waals surface area (Å²) in [5.74, 6) is 1.78. The fraction of sp³-hybridized carbons (Fsp3) is 0.556. The van der Waals surface area contributed by atoms with Gasteiger partial charge >= 0.3 is 0 Å². The fourth-order valence-corrected chi connectivity index (χ4v) is 4.50. The van der Waals surface area contributed by atoms with Gasteiger partial charge in [-0.1, -0.05) is 18.2 Å². The number of ether oxygens (including phenoxy) is 2. The van der Waals surface area contributed by atoms with Gasteiger partial charge in [0.1, 0.15) is 6.10 Å². The van der Waals surface area contributed by atoms with Crippen molar-refractivity contribution < 1.29 is 14.6 Å². The van der Waals surface area contributed by atoms with E-state index in [0.29, 0.717) is 0 Å². The summed E-state index contributed by atoms with van der Waals surface area (Å²) in [6.45, 7) is 2.12. The van der Waals surface area contributed by atoms with Crippen LogP contribution in [0.1, 0.15) is 24.0 Å². The zero-order valence-electron chi connectivity index (χ0n) is 13.2. The quantitative estimate of drug-likeness (QED) is 0.850. The summed E-state index contributed by atoms with van der Waals surface area (Å²) < 4.78 is 11.9. The average molecular weight is 301 g/mol. The predicted molar refractivity (Wildman–Crippen MR) is 84.4 cm³/mol. The lowest BCUT2D eigenvalue weighted by Crippen LogP contribution is -2.46. The molecule has 0 saturated carbocycles. The highest BCUT2D eigenvalue weighted by atomic mass is 16.5. The van der Waals surface area contributed by atoms with Crippen molar-refractivity contribution in [3.05, 3.63) is 35.4 Å². The van der Waals surface area contributed by atoms with Gasteiger partial charge in [-0.2, -0.15) is 0 Å². The lowest BCUT2D eigenvalue weighted by molar-refractivity contribution is 0.0566. The van der Waals surface area contributed by atoms with Crippen molar-refractivity contribution in [2.75, 3.05) is 27.3 Å². The molecule has 1 spiro atoms. The summed E-state index contributed by atoms with van der Waals surface area (Å²) in [5, 5.41) is 9.79. The second-order valence-electron chi connectivity index (χ2n) is 6.79. The molecule has 1 aromatic rings. The first-order valence-corrected chi connectivity index (χ1v) is 8.02. The highest BCUT2D eigenvalue weighted by Crippen LogP contribution is 2.57. The van der Waals surface area contributed by atoms with E-state index in [0.717, 1.165) is 37.4 Å². The summed E-state index contributed by atoms with van der Waals surface area (Å²) in [6, 6.07) is 4.19. The third-order valence-corrected chi connectivity index (χ3v) is 5.56. The summed E-state index contributed by atoms with van der Waals surface area (Å²) in [4.78, 5) is 2.37. The normalized spacial score (nSPS) is 32.9. The lowest BCUT2D eigenvalue weighted by atomic mass is 9.65. The van der Waals surface area contributed by atoms with E-state index in [1.807, 2.05) is 6.07 Å². The number of nitrogens with zero attached hydrogens (tertiary/aromatic N) is 1. The SMILES string of the molecule is COc1ccc2c3c1OC1C(CO)C=CCC31CCN(C)C2. The van der Waals surface area contributed by atoms with Crippen molar-refractivity contribution in [1.82, 2.24) is 4.90 Å². The van der Waals surface area contributed by atoms with Crippen LogP contribution in [0.2, 0.25) is 0 Å². The van der Waals surface area contributed by atoms with E-state index in [-0.39, 0.29) is 24.0 Å². The fourth-order valence-electron chi connectivity index (χ4n) is 4.50. The van der Waals surface area contributed by atoms with E-state index < -0.39 is 0 Å². The molecule has 3 atom stereocenters. The molecule has 4 rings (SSSR count). The standard InChI is InChI=1S/C18H23NO3/c1-19-9-8-18-7-3-4-13(11-20)17(18)22-16-14(21-2)6-5-12(10-19)15(16)18/h3-6,13,17,20H,7-11H2,1-2H3. The summed E-state index contributed by atoms with van der Waals surface area (Å²) >= 11 is 0. The monoisotopic (exact) mass is 301 g/mol. The third kappa shape index (κ3) is 1.77. The molecule has 4 nitrogen and oxygen atoms in total. The maximum absolute atomic E-state index is 9.79. The van der Waals surface area contributed by atoms with E-state index >= 15 is 0 Å². The molecular formula is C18H23NO3. The Bertz CT molecular complexity index is 627. The number of benzene rings is 1. The van der Waals surface area contributed by atoms with Crippen molar-refractivity contribution in [1.29, 1.82) is 0 Å². The van der Waals surface area contributed by atoms with Gasteiger partial charge in [-0.15, -0.1) is 0 Å². The van der Waals surface area contributed by atoms with Gasteiger partial charge in [-0.05, 0) is 38.1 Å². The molecule has 0 bridgehead atoms. The van der Waals surface area contributed by atoms with Gasteiger partial charge in [-0.3, -0.25) is 0 Å². The van der Waals surface area contributed by atoms with Crippen LogP contribution in [0.25, 0.3) is 0 Å². The van der Waals surface area contributed by atoms with Crippen LogP contribution in [0.3, 0.4) is 0 Å². The average Bonchev–Trinajstić information content (AvgIpc) is 2.81. The third-order valence-electron chi connectivity index (χ3n) is 5.56. The number of rotatable bonds is 2. The zero-order valence-corrected chi connectivity index (χ0v) is 13.2. The highest BCUT2D eigenvalue weighted by Gasteiger charge is 2.54. The highest BCUT2D eigenvalue weighted by molar-refractivity contribution is 5.59. The smallest absolute Gasteiger partial charge is 0.165 e. The Morgan fingerprint density at radius 3 is 3.09 bits per heavy atom. The number of aliphatic hydroxyl groups is 1. The number of hydrogen-bond acceptors (Lipinski definition) is 4. The Morgan fingerprint density at radius 2 is 2.32 bits per heavy atom. The van der Waals surface area contributed by atoms with Gasteiger partial charge in [0, 0.05) is 23.4 Å². The van der Waals surface area contributed by atoms with Gasteiger partial charge < -0.3 is 19.5 Å². The molecule has 4 heteroatoms. The second-order valence-corrected chi connectivity index (χ2v) is 6.79. The Kier molecular flexibility index (Phi) is 3.20. The van der Waals surface area contributed by atoms with Crippen LogP contribution in [0.4, 0.5) is 0 Å². The summed E-state index contributed by atoms with van der Waals surface area (Å²) in [6.07, 6.45) is 6.39. The van der Waals surface area contributed by atoms with Crippen molar-refractivity contribution in [2.45, 2.75) is 30.9 Å². The first kappa shape index (κ1) is 14.1. The lowest BCUT2D eigenvalue weighted by Gasteiger charge is -2.39. The number of methoxy groups -OCH3 is 1. The van der Waals surface area contributed by atoms with E-state index in [9.17, 15) is 5.11 Å². The van der Waals surface area contributed by atoms with E-state index in [4.69, 9.17) is 9.47 Å². The summed E-state index contributed by atoms with van der Waals surface area (Å²) in [7, 11) is 3.87. The zero-order chi connectivity index (χ0) is 15.3. The molecule has 2 heterocycles. The van der Waals surface area contributed by atoms with Crippen LogP contribution in [0.5, 0.6) is 11.5 Å². The molecule has 0 aromatic heterocycles. The Balaban J connectivity index is 1.94. The Labute approximate surface area is 131 Å².